The van der Waals surface area contributed by atoms with Gasteiger partial charge in [-0.1, -0.05) is 88.7 Å². The number of aromatic nitrogens is 2. The summed E-state index contributed by atoms with van der Waals surface area (Å²) in [5.74, 6) is -0.160. The van der Waals surface area contributed by atoms with E-state index in [2.05, 4.69) is 55.5 Å². The minimum atomic E-state index is -4.51. The van der Waals surface area contributed by atoms with E-state index in [1.807, 2.05) is 36.4 Å². The van der Waals surface area contributed by atoms with Gasteiger partial charge in [0.25, 0.3) is 5.91 Å². The van der Waals surface area contributed by atoms with Gasteiger partial charge < -0.3 is 10.2 Å². The standard InChI is InChI=1S/C31H29BrF3N5O/c32-24-13-11-21(12-14-24)25-19-27(31(33,34)35)40-28(36-25)20-26(37-40)30(41)39-17-15-38(16-18-39)29(22-7-3-1-4-8-22)23-9-5-2-6-10-23/h1-14,20,25,27,29,36H,15-19H2/t25-,27+/m1/s1. The van der Waals surface area contributed by atoms with Crippen molar-refractivity contribution in [2.45, 2.75) is 30.7 Å². The summed E-state index contributed by atoms with van der Waals surface area (Å²) >= 11 is 3.37. The van der Waals surface area contributed by atoms with Gasteiger partial charge in [0.1, 0.15) is 5.82 Å². The van der Waals surface area contributed by atoms with Gasteiger partial charge in [-0.25, -0.2) is 4.68 Å². The van der Waals surface area contributed by atoms with Crippen LogP contribution in [-0.2, 0) is 0 Å². The van der Waals surface area contributed by atoms with E-state index in [0.717, 1.165) is 14.7 Å². The largest absolute Gasteiger partial charge is 0.410 e. The smallest absolute Gasteiger partial charge is 0.363 e. The van der Waals surface area contributed by atoms with Crippen molar-refractivity contribution in [2.24, 2.45) is 0 Å². The number of benzene rings is 3. The molecule has 0 aliphatic carbocycles. The Labute approximate surface area is 244 Å². The van der Waals surface area contributed by atoms with Crippen molar-refractivity contribution in [3.8, 4) is 0 Å². The summed E-state index contributed by atoms with van der Waals surface area (Å²) in [6.45, 7) is 2.16. The van der Waals surface area contributed by atoms with Gasteiger partial charge in [-0.2, -0.15) is 18.3 Å². The van der Waals surface area contributed by atoms with E-state index in [9.17, 15) is 18.0 Å². The van der Waals surface area contributed by atoms with Crippen molar-refractivity contribution in [3.05, 3.63) is 118 Å². The molecule has 0 bridgehead atoms. The molecular weight excluding hydrogens is 595 g/mol. The molecule has 1 aromatic heterocycles. The molecule has 0 spiro atoms. The molecule has 3 heterocycles. The molecule has 6 rings (SSSR count). The summed E-state index contributed by atoms with van der Waals surface area (Å²) in [5.41, 5.74) is 3.11. The van der Waals surface area contributed by atoms with Crippen LogP contribution in [0.25, 0.3) is 0 Å². The zero-order chi connectivity index (χ0) is 28.6. The molecule has 6 nitrogen and oxygen atoms in total. The number of carbonyl (C=O) groups is 1. The first-order chi connectivity index (χ1) is 19.8. The maximum atomic E-state index is 14.1. The number of anilines is 1. The summed E-state index contributed by atoms with van der Waals surface area (Å²) in [4.78, 5) is 17.5. The van der Waals surface area contributed by atoms with Gasteiger partial charge in [0.2, 0.25) is 0 Å². The highest BCUT2D eigenvalue weighted by molar-refractivity contribution is 9.10. The van der Waals surface area contributed by atoms with Crippen LogP contribution in [0.3, 0.4) is 0 Å². The second-order valence-corrected chi connectivity index (χ2v) is 11.4. The molecule has 212 valence electrons. The monoisotopic (exact) mass is 623 g/mol. The van der Waals surface area contributed by atoms with Gasteiger partial charge in [-0.15, -0.1) is 0 Å². The van der Waals surface area contributed by atoms with E-state index in [-0.39, 0.29) is 29.9 Å². The Morgan fingerprint density at radius 1 is 0.878 bits per heavy atom. The van der Waals surface area contributed by atoms with Crippen molar-refractivity contribution in [2.75, 3.05) is 31.5 Å². The molecule has 1 saturated heterocycles. The van der Waals surface area contributed by atoms with Crippen LogP contribution in [0.5, 0.6) is 0 Å². The van der Waals surface area contributed by atoms with Crippen LogP contribution < -0.4 is 5.32 Å². The number of halogens is 4. The van der Waals surface area contributed by atoms with E-state index in [1.54, 1.807) is 29.2 Å². The molecular formula is C31H29BrF3N5O. The number of carbonyl (C=O) groups excluding carboxylic acids is 1. The number of rotatable bonds is 5. The second kappa shape index (κ2) is 11.3. The molecule has 3 aromatic carbocycles. The molecule has 0 radical (unpaired) electrons. The predicted octanol–water partition coefficient (Wildman–Crippen LogP) is 6.85. The lowest BCUT2D eigenvalue weighted by Crippen LogP contribution is -2.50. The topological polar surface area (TPSA) is 53.4 Å². The minimum Gasteiger partial charge on any atom is -0.363 e. The predicted molar refractivity (Wildman–Crippen MR) is 155 cm³/mol. The van der Waals surface area contributed by atoms with Crippen LogP contribution in [0.15, 0.2) is 95.5 Å². The number of hydrogen-bond acceptors (Lipinski definition) is 4. The van der Waals surface area contributed by atoms with Gasteiger partial charge in [-0.05, 0) is 28.8 Å². The molecule has 1 fully saturated rings. The Kier molecular flexibility index (Phi) is 7.61. The third kappa shape index (κ3) is 5.76. The molecule has 4 aromatic rings. The van der Waals surface area contributed by atoms with Gasteiger partial charge in [-0.3, -0.25) is 9.69 Å². The van der Waals surface area contributed by atoms with Crippen LogP contribution in [-0.4, -0.2) is 57.8 Å². The lowest BCUT2D eigenvalue weighted by molar-refractivity contribution is -0.173. The summed E-state index contributed by atoms with van der Waals surface area (Å²) < 4.78 is 44.2. The summed E-state index contributed by atoms with van der Waals surface area (Å²) in [6.07, 6.45) is -4.72. The van der Waals surface area contributed by atoms with Crippen LogP contribution in [0.1, 0.15) is 51.7 Å². The number of amides is 1. The van der Waals surface area contributed by atoms with Crippen LogP contribution >= 0.6 is 15.9 Å². The first kappa shape index (κ1) is 27.5. The molecule has 1 amide bonds. The highest BCUT2D eigenvalue weighted by Crippen LogP contribution is 2.44. The normalized spacial score (nSPS) is 19.6. The van der Waals surface area contributed by atoms with E-state index in [0.29, 0.717) is 26.2 Å². The molecule has 2 aliphatic rings. The summed E-state index contributed by atoms with van der Waals surface area (Å²) in [5, 5.41) is 7.36. The molecule has 2 atom stereocenters. The average molecular weight is 625 g/mol. The van der Waals surface area contributed by atoms with Crippen molar-refractivity contribution in [1.29, 1.82) is 0 Å². The quantitative estimate of drug-likeness (QED) is 0.264. The minimum absolute atomic E-state index is 0.0225. The number of alkyl halides is 3. The number of hydrogen-bond donors (Lipinski definition) is 1. The first-order valence-corrected chi connectivity index (χ1v) is 14.4. The van der Waals surface area contributed by atoms with E-state index in [4.69, 9.17) is 0 Å². The van der Waals surface area contributed by atoms with Gasteiger partial charge in [0, 0.05) is 43.1 Å². The fourth-order valence-corrected chi connectivity index (χ4v) is 6.09. The Morgan fingerprint density at radius 2 is 1.46 bits per heavy atom. The van der Waals surface area contributed by atoms with Gasteiger partial charge in [0.05, 0.1) is 12.1 Å². The van der Waals surface area contributed by atoms with Crippen molar-refractivity contribution < 1.29 is 18.0 Å². The zero-order valence-electron chi connectivity index (χ0n) is 22.1. The fourth-order valence-electron chi connectivity index (χ4n) is 5.82. The lowest BCUT2D eigenvalue weighted by Gasteiger charge is -2.39. The van der Waals surface area contributed by atoms with E-state index >= 15 is 0 Å². The van der Waals surface area contributed by atoms with Crippen molar-refractivity contribution in [3.63, 3.8) is 0 Å². The number of fused-ring (bicyclic) bond motifs is 1. The Bertz CT molecular complexity index is 1450. The number of nitrogens with one attached hydrogen (secondary N) is 1. The highest BCUT2D eigenvalue weighted by Gasteiger charge is 2.47. The van der Waals surface area contributed by atoms with Crippen LogP contribution in [0.4, 0.5) is 19.0 Å². The Morgan fingerprint density at radius 3 is 2.02 bits per heavy atom. The number of piperazine rings is 1. The average Bonchev–Trinajstić information content (AvgIpc) is 3.42. The van der Waals surface area contributed by atoms with E-state index < -0.39 is 18.3 Å². The van der Waals surface area contributed by atoms with Crippen LogP contribution in [0.2, 0.25) is 0 Å². The third-order valence-electron chi connectivity index (χ3n) is 7.88. The summed E-state index contributed by atoms with van der Waals surface area (Å²) in [7, 11) is 0. The molecule has 41 heavy (non-hydrogen) atoms. The van der Waals surface area contributed by atoms with Gasteiger partial charge >= 0.3 is 6.18 Å². The van der Waals surface area contributed by atoms with Crippen molar-refractivity contribution in [1.82, 2.24) is 19.6 Å². The molecule has 10 heteroatoms. The lowest BCUT2D eigenvalue weighted by atomic mass is 9.96. The molecule has 1 N–H and O–H groups in total. The maximum absolute atomic E-state index is 14.1. The van der Waals surface area contributed by atoms with E-state index in [1.165, 1.54) is 17.2 Å². The molecule has 0 saturated carbocycles. The Hall–Kier alpha value is -3.63. The van der Waals surface area contributed by atoms with Crippen LogP contribution in [0, 0.1) is 0 Å². The van der Waals surface area contributed by atoms with Gasteiger partial charge in [0.15, 0.2) is 11.7 Å². The molecule has 0 unspecified atom stereocenters. The summed E-state index contributed by atoms with van der Waals surface area (Å²) in [6, 6.07) is 26.8. The first-order valence-electron chi connectivity index (χ1n) is 13.6. The zero-order valence-corrected chi connectivity index (χ0v) is 23.7. The Balaban J connectivity index is 1.20. The fraction of sp³-hybridized carbons (Fsp3) is 0.290. The highest BCUT2D eigenvalue weighted by atomic mass is 79.9. The SMILES string of the molecule is O=C(c1cc2n(n1)[C@H](C(F)(F)F)C[C@H](c1ccc(Br)cc1)N2)N1CCN(C(c2ccccc2)c2ccccc2)CC1. The number of nitrogens with zero attached hydrogens (tertiary/aromatic N) is 4. The second-order valence-electron chi connectivity index (χ2n) is 10.5. The third-order valence-corrected chi connectivity index (χ3v) is 8.41. The van der Waals surface area contributed by atoms with Crippen molar-refractivity contribution >= 4 is 27.7 Å². The molecule has 2 aliphatic heterocycles. The maximum Gasteiger partial charge on any atom is 0.410 e.